The third kappa shape index (κ3) is 4.07. The zero-order chi connectivity index (χ0) is 18.8. The fourth-order valence-electron chi connectivity index (χ4n) is 3.28. The van der Waals surface area contributed by atoms with Crippen molar-refractivity contribution in [1.29, 1.82) is 0 Å². The number of thioether (sulfide) groups is 1. The fraction of sp³-hybridized carbons (Fsp3) is 0.444. The standard InChI is InChI=1S/C18H21F2N3OS2/c1-22(2)5-6-26-17(24)16-10-21-18(25)23(16)13-4-3-11-7-12(19)8-15(20)14(11)9-13/h7-8,10,13H,3-6,9H2,1-2H3,(H,21,25). The minimum Gasteiger partial charge on any atom is -0.337 e. The lowest BCUT2D eigenvalue weighted by molar-refractivity contribution is 0.107. The molecule has 4 nitrogen and oxygen atoms in total. The molecule has 2 aromatic rings. The molecule has 8 heteroatoms. The van der Waals surface area contributed by atoms with Crippen LogP contribution in [0.25, 0.3) is 0 Å². The highest BCUT2D eigenvalue weighted by atomic mass is 32.2. The van der Waals surface area contributed by atoms with Gasteiger partial charge in [0.25, 0.3) is 0 Å². The molecule has 1 atom stereocenters. The summed E-state index contributed by atoms with van der Waals surface area (Å²) in [6, 6.07) is 2.20. The topological polar surface area (TPSA) is 41.0 Å². The van der Waals surface area contributed by atoms with Gasteiger partial charge in [-0.1, -0.05) is 11.8 Å². The maximum Gasteiger partial charge on any atom is 0.237 e. The Labute approximate surface area is 160 Å². The van der Waals surface area contributed by atoms with Crippen LogP contribution in [0.15, 0.2) is 18.3 Å². The number of imidazole rings is 1. The van der Waals surface area contributed by atoms with Crippen LogP contribution in [0.4, 0.5) is 8.78 Å². The summed E-state index contributed by atoms with van der Waals surface area (Å²) in [6.07, 6.45) is 3.27. The van der Waals surface area contributed by atoms with Crippen LogP contribution in [-0.2, 0) is 12.8 Å². The molecule has 0 spiro atoms. The lowest BCUT2D eigenvalue weighted by Gasteiger charge is -2.27. The molecule has 0 aliphatic heterocycles. The number of benzene rings is 1. The van der Waals surface area contributed by atoms with E-state index in [4.69, 9.17) is 12.2 Å². The minimum absolute atomic E-state index is 0.0513. The summed E-state index contributed by atoms with van der Waals surface area (Å²) in [5.41, 5.74) is 1.73. The first kappa shape index (κ1) is 19.3. The van der Waals surface area contributed by atoms with Crippen LogP contribution in [0, 0.1) is 16.4 Å². The van der Waals surface area contributed by atoms with Crippen LogP contribution in [-0.4, -0.2) is 46.0 Å². The van der Waals surface area contributed by atoms with Crippen molar-refractivity contribution in [2.24, 2.45) is 0 Å². The van der Waals surface area contributed by atoms with Gasteiger partial charge in [0.1, 0.15) is 17.3 Å². The van der Waals surface area contributed by atoms with Gasteiger partial charge in [0, 0.05) is 30.6 Å². The van der Waals surface area contributed by atoms with Crippen LogP contribution in [0.2, 0.25) is 0 Å². The first-order chi connectivity index (χ1) is 12.4. The van der Waals surface area contributed by atoms with Crippen molar-refractivity contribution in [3.63, 3.8) is 0 Å². The summed E-state index contributed by atoms with van der Waals surface area (Å²) in [5, 5.41) is -0.0513. The number of hydrogen-bond acceptors (Lipinski definition) is 4. The quantitative estimate of drug-likeness (QED) is 0.775. The van der Waals surface area contributed by atoms with Gasteiger partial charge < -0.3 is 14.5 Å². The van der Waals surface area contributed by atoms with E-state index in [0.29, 0.717) is 46.6 Å². The normalized spacial score (nSPS) is 16.7. The zero-order valence-corrected chi connectivity index (χ0v) is 16.4. The second-order valence-corrected chi connectivity index (χ2v) is 8.16. The van der Waals surface area contributed by atoms with Gasteiger partial charge in [-0.2, -0.15) is 0 Å². The molecule has 3 rings (SSSR count). The molecule has 1 aromatic carbocycles. The molecule has 0 bridgehead atoms. The number of halogens is 2. The molecule has 0 saturated carbocycles. The van der Waals surface area contributed by atoms with Gasteiger partial charge in [0.05, 0.1) is 0 Å². The van der Waals surface area contributed by atoms with E-state index < -0.39 is 11.6 Å². The third-order valence-corrected chi connectivity index (χ3v) is 5.77. The second-order valence-electron chi connectivity index (χ2n) is 6.71. The lowest BCUT2D eigenvalue weighted by Crippen LogP contribution is -2.23. The summed E-state index contributed by atoms with van der Waals surface area (Å²) in [7, 11) is 3.92. The Balaban J connectivity index is 1.83. The van der Waals surface area contributed by atoms with Crippen molar-refractivity contribution in [1.82, 2.24) is 14.5 Å². The molecule has 1 aromatic heterocycles. The number of rotatable bonds is 5. The van der Waals surface area contributed by atoms with E-state index in [2.05, 4.69) is 4.98 Å². The highest BCUT2D eigenvalue weighted by Gasteiger charge is 2.27. The Hall–Kier alpha value is -1.51. The molecule has 1 unspecified atom stereocenters. The number of H-pyrrole nitrogens is 1. The van der Waals surface area contributed by atoms with Gasteiger partial charge >= 0.3 is 0 Å². The van der Waals surface area contributed by atoms with Gasteiger partial charge in [-0.25, -0.2) is 8.78 Å². The van der Waals surface area contributed by atoms with Gasteiger partial charge in [-0.15, -0.1) is 0 Å². The molecule has 26 heavy (non-hydrogen) atoms. The molecule has 1 N–H and O–H groups in total. The average molecular weight is 398 g/mol. The van der Waals surface area contributed by atoms with Gasteiger partial charge in [-0.05, 0) is 62.8 Å². The second kappa shape index (κ2) is 8.02. The number of aryl methyl sites for hydroxylation is 1. The van der Waals surface area contributed by atoms with E-state index in [1.807, 2.05) is 19.0 Å². The van der Waals surface area contributed by atoms with Crippen LogP contribution in [0.5, 0.6) is 0 Å². The van der Waals surface area contributed by atoms with Crippen molar-refractivity contribution in [2.75, 3.05) is 26.4 Å². The Bertz CT molecular complexity index is 876. The SMILES string of the molecule is CN(C)CCSC(=O)c1c[nH]c(=S)n1C1CCc2cc(F)cc(F)c2C1. The Kier molecular flexibility index (Phi) is 5.94. The molecule has 0 fully saturated rings. The highest BCUT2D eigenvalue weighted by Crippen LogP contribution is 2.33. The fourth-order valence-corrected chi connectivity index (χ4v) is 4.54. The van der Waals surface area contributed by atoms with Crippen molar-refractivity contribution >= 4 is 29.1 Å². The zero-order valence-electron chi connectivity index (χ0n) is 14.7. The summed E-state index contributed by atoms with van der Waals surface area (Å²) in [4.78, 5) is 17.6. The summed E-state index contributed by atoms with van der Waals surface area (Å²) in [5.74, 6) is -0.392. The number of carbonyl (C=O) groups is 1. The largest absolute Gasteiger partial charge is 0.337 e. The maximum atomic E-state index is 14.2. The van der Waals surface area contributed by atoms with Crippen molar-refractivity contribution in [3.8, 4) is 0 Å². The number of hydrogen-bond donors (Lipinski definition) is 1. The van der Waals surface area contributed by atoms with E-state index >= 15 is 0 Å². The summed E-state index contributed by atoms with van der Waals surface area (Å²) < 4.78 is 29.9. The van der Waals surface area contributed by atoms with Crippen molar-refractivity contribution in [3.05, 3.63) is 51.6 Å². The predicted octanol–water partition coefficient (Wildman–Crippen LogP) is 3.99. The molecule has 1 heterocycles. The van der Waals surface area contributed by atoms with Gasteiger partial charge in [-0.3, -0.25) is 4.79 Å². The van der Waals surface area contributed by atoms with Crippen LogP contribution >= 0.6 is 24.0 Å². The summed E-state index contributed by atoms with van der Waals surface area (Å²) >= 11 is 6.61. The van der Waals surface area contributed by atoms with Crippen LogP contribution in [0.1, 0.15) is 34.1 Å². The van der Waals surface area contributed by atoms with Crippen LogP contribution < -0.4 is 0 Å². The first-order valence-corrected chi connectivity index (χ1v) is 9.84. The Morgan fingerprint density at radius 1 is 1.42 bits per heavy atom. The number of nitrogens with zero attached hydrogens (tertiary/aromatic N) is 2. The van der Waals surface area contributed by atoms with Gasteiger partial charge in [0.15, 0.2) is 4.77 Å². The lowest BCUT2D eigenvalue weighted by atomic mass is 9.87. The third-order valence-electron chi connectivity index (χ3n) is 4.60. The Morgan fingerprint density at radius 3 is 2.92 bits per heavy atom. The summed E-state index contributed by atoms with van der Waals surface area (Å²) in [6.45, 7) is 0.801. The average Bonchev–Trinajstić information content (AvgIpc) is 2.96. The van der Waals surface area contributed by atoms with E-state index in [0.717, 1.165) is 12.6 Å². The Morgan fingerprint density at radius 2 is 2.19 bits per heavy atom. The molecule has 0 saturated heterocycles. The smallest absolute Gasteiger partial charge is 0.237 e. The number of nitrogens with one attached hydrogen (secondary N) is 1. The molecule has 140 valence electrons. The number of aromatic nitrogens is 2. The van der Waals surface area contributed by atoms with E-state index in [1.165, 1.54) is 17.8 Å². The highest BCUT2D eigenvalue weighted by molar-refractivity contribution is 8.14. The molecule has 1 aliphatic rings. The minimum atomic E-state index is -0.550. The molecule has 0 amide bonds. The van der Waals surface area contributed by atoms with Crippen molar-refractivity contribution in [2.45, 2.75) is 25.3 Å². The number of aromatic amines is 1. The molecule has 1 aliphatic carbocycles. The molecular weight excluding hydrogens is 376 g/mol. The predicted molar refractivity (Wildman–Crippen MR) is 102 cm³/mol. The van der Waals surface area contributed by atoms with E-state index in [-0.39, 0.29) is 11.2 Å². The molecule has 0 radical (unpaired) electrons. The monoisotopic (exact) mass is 397 g/mol. The number of carbonyl (C=O) groups excluding carboxylic acids is 1. The van der Waals surface area contributed by atoms with E-state index in [1.54, 1.807) is 10.8 Å². The van der Waals surface area contributed by atoms with Crippen molar-refractivity contribution < 1.29 is 13.6 Å². The molecular formula is C18H21F2N3OS2. The van der Waals surface area contributed by atoms with Crippen LogP contribution in [0.3, 0.4) is 0 Å². The number of fused-ring (bicyclic) bond motifs is 1. The van der Waals surface area contributed by atoms with Gasteiger partial charge in [0.2, 0.25) is 5.12 Å². The van der Waals surface area contributed by atoms with E-state index in [9.17, 15) is 13.6 Å². The first-order valence-electron chi connectivity index (χ1n) is 8.45. The maximum absolute atomic E-state index is 14.2.